The first-order valence-corrected chi connectivity index (χ1v) is 9.68. The molecule has 1 aromatic carbocycles. The van der Waals surface area contributed by atoms with Crippen molar-refractivity contribution in [2.75, 3.05) is 25.1 Å². The van der Waals surface area contributed by atoms with Crippen molar-refractivity contribution in [2.24, 2.45) is 0 Å². The summed E-state index contributed by atoms with van der Waals surface area (Å²) in [4.78, 5) is 23.3. The minimum Gasteiger partial charge on any atom is -0.376 e. The van der Waals surface area contributed by atoms with Crippen LogP contribution in [0.3, 0.4) is 0 Å². The lowest BCUT2D eigenvalue weighted by atomic mass is 9.82. The molecule has 7 heteroatoms. The van der Waals surface area contributed by atoms with Crippen LogP contribution in [-0.4, -0.2) is 52.1 Å². The maximum Gasteiger partial charge on any atom is 0.257 e. The van der Waals surface area contributed by atoms with Gasteiger partial charge in [-0.1, -0.05) is 11.6 Å². The van der Waals surface area contributed by atoms with Crippen molar-refractivity contribution in [1.82, 2.24) is 14.9 Å². The van der Waals surface area contributed by atoms with Crippen LogP contribution in [0.5, 0.6) is 0 Å². The second-order valence-corrected chi connectivity index (χ2v) is 8.27. The number of carbonyl (C=O) groups is 1. The molecule has 2 saturated heterocycles. The monoisotopic (exact) mass is 384 g/mol. The summed E-state index contributed by atoms with van der Waals surface area (Å²) >= 11 is 6.17. The van der Waals surface area contributed by atoms with E-state index in [1.165, 1.54) is 16.7 Å². The summed E-state index contributed by atoms with van der Waals surface area (Å²) in [6.07, 6.45) is 6.08. The third kappa shape index (κ3) is 2.78. The molecular weight excluding hydrogens is 364 g/mol. The number of hydrogen-bond acceptors (Lipinski definition) is 5. The highest BCUT2D eigenvalue weighted by atomic mass is 35.5. The number of nitrogens with zero attached hydrogens (tertiary/aromatic N) is 3. The van der Waals surface area contributed by atoms with E-state index < -0.39 is 0 Å². The Kier molecular flexibility index (Phi) is 3.88. The van der Waals surface area contributed by atoms with Crippen LogP contribution in [0.2, 0.25) is 5.02 Å². The Morgan fingerprint density at radius 1 is 1.30 bits per heavy atom. The topological polar surface area (TPSA) is 67.4 Å². The molecule has 0 radical (unpaired) electrons. The number of rotatable bonds is 3. The van der Waals surface area contributed by atoms with Crippen molar-refractivity contribution in [3.63, 3.8) is 0 Å². The molecule has 3 heterocycles. The molecule has 2 fully saturated rings. The van der Waals surface area contributed by atoms with Gasteiger partial charge in [-0.15, -0.1) is 0 Å². The molecule has 1 atom stereocenters. The van der Waals surface area contributed by atoms with Gasteiger partial charge in [0.25, 0.3) is 5.91 Å². The molecular formula is C20H21ClN4O2. The number of fused-ring (bicyclic) bond motifs is 1. The highest BCUT2D eigenvalue weighted by Gasteiger charge is 2.53. The Morgan fingerprint density at radius 3 is 2.70 bits per heavy atom. The number of aryl methyl sites for hydroxylation is 1. The molecule has 2 aliphatic heterocycles. The molecule has 1 spiro atoms. The number of benzene rings is 1. The average Bonchev–Trinajstić information content (AvgIpc) is 2.96. The first-order chi connectivity index (χ1) is 13.0. The first-order valence-electron chi connectivity index (χ1n) is 9.30. The number of likely N-dealkylation sites (tertiary alicyclic amines) is 1. The Labute approximate surface area is 162 Å². The fraction of sp³-hybridized carbons (Fsp3) is 0.450. The van der Waals surface area contributed by atoms with Gasteiger partial charge >= 0.3 is 0 Å². The molecule has 1 aromatic heterocycles. The van der Waals surface area contributed by atoms with Crippen molar-refractivity contribution in [3.05, 3.63) is 51.8 Å². The van der Waals surface area contributed by atoms with Crippen molar-refractivity contribution in [2.45, 2.75) is 37.8 Å². The number of anilines is 1. The number of amides is 1. The summed E-state index contributed by atoms with van der Waals surface area (Å²) in [5.74, 6) is 0.549. The Balaban J connectivity index is 1.25. The summed E-state index contributed by atoms with van der Waals surface area (Å²) in [5.41, 5.74) is 4.34. The van der Waals surface area contributed by atoms with Gasteiger partial charge in [0.1, 0.15) is 0 Å². The van der Waals surface area contributed by atoms with E-state index in [9.17, 15) is 4.79 Å². The van der Waals surface area contributed by atoms with Crippen LogP contribution in [-0.2, 0) is 17.6 Å². The van der Waals surface area contributed by atoms with Crippen LogP contribution in [0.4, 0.5) is 5.95 Å². The van der Waals surface area contributed by atoms with Crippen LogP contribution in [0.1, 0.15) is 33.5 Å². The van der Waals surface area contributed by atoms with Gasteiger partial charge in [-0.2, -0.15) is 0 Å². The van der Waals surface area contributed by atoms with Gasteiger partial charge in [-0.05, 0) is 55.0 Å². The van der Waals surface area contributed by atoms with E-state index >= 15 is 0 Å². The zero-order valence-corrected chi connectivity index (χ0v) is 15.9. The Hall–Kier alpha value is -2.18. The van der Waals surface area contributed by atoms with Gasteiger partial charge in [0.2, 0.25) is 5.95 Å². The van der Waals surface area contributed by atoms with Crippen LogP contribution in [0, 0.1) is 6.92 Å². The maximum atomic E-state index is 12.7. The summed E-state index contributed by atoms with van der Waals surface area (Å²) in [5, 5.41) is 4.17. The Morgan fingerprint density at radius 2 is 2.07 bits per heavy atom. The number of halogens is 1. The predicted octanol–water partition coefficient (Wildman–Crippen LogP) is 2.63. The molecule has 5 rings (SSSR count). The standard InChI is InChI=1S/C20H21ClN4O2/c1-12-4-15(21)5-13-6-16(7-17(12)13)24-19-22-8-14(9-23-19)18(26)25-3-2-20(25)10-27-11-20/h4-5,8-9,16H,2-3,6-7,10-11H2,1H3,(H,22,23,24). The average molecular weight is 385 g/mol. The van der Waals surface area contributed by atoms with Gasteiger partial charge in [0.05, 0.1) is 24.3 Å². The molecule has 1 aliphatic carbocycles. The lowest BCUT2D eigenvalue weighted by Gasteiger charge is -2.57. The molecule has 1 amide bonds. The number of ether oxygens (including phenoxy) is 1. The quantitative estimate of drug-likeness (QED) is 0.881. The first kappa shape index (κ1) is 17.0. The van der Waals surface area contributed by atoms with Crippen molar-refractivity contribution >= 4 is 23.5 Å². The lowest BCUT2D eigenvalue weighted by Crippen LogP contribution is -2.72. The van der Waals surface area contributed by atoms with Gasteiger partial charge in [0.15, 0.2) is 0 Å². The van der Waals surface area contributed by atoms with Gasteiger partial charge in [-0.3, -0.25) is 4.79 Å². The molecule has 2 aromatic rings. The lowest BCUT2D eigenvalue weighted by molar-refractivity contribution is -0.172. The van der Waals surface area contributed by atoms with E-state index in [0.29, 0.717) is 24.7 Å². The second kappa shape index (κ2) is 6.17. The van der Waals surface area contributed by atoms with Crippen LogP contribution < -0.4 is 5.32 Å². The van der Waals surface area contributed by atoms with Crippen molar-refractivity contribution in [1.29, 1.82) is 0 Å². The minimum atomic E-state index is -0.0667. The van der Waals surface area contributed by atoms with E-state index in [1.807, 2.05) is 17.0 Å². The number of aromatic nitrogens is 2. The van der Waals surface area contributed by atoms with E-state index in [0.717, 1.165) is 30.8 Å². The summed E-state index contributed by atoms with van der Waals surface area (Å²) in [6, 6.07) is 4.29. The fourth-order valence-electron chi connectivity index (χ4n) is 4.35. The molecule has 1 N–H and O–H groups in total. The second-order valence-electron chi connectivity index (χ2n) is 7.83. The molecule has 0 saturated carbocycles. The maximum absolute atomic E-state index is 12.7. The molecule has 27 heavy (non-hydrogen) atoms. The van der Waals surface area contributed by atoms with Gasteiger partial charge < -0.3 is 15.0 Å². The van der Waals surface area contributed by atoms with Crippen LogP contribution >= 0.6 is 11.6 Å². The predicted molar refractivity (Wildman–Crippen MR) is 102 cm³/mol. The molecule has 140 valence electrons. The molecule has 1 unspecified atom stereocenters. The summed E-state index contributed by atoms with van der Waals surface area (Å²) in [6.45, 7) is 4.17. The van der Waals surface area contributed by atoms with E-state index in [-0.39, 0.29) is 17.5 Å². The van der Waals surface area contributed by atoms with Crippen LogP contribution in [0.15, 0.2) is 24.5 Å². The fourth-order valence-corrected chi connectivity index (χ4v) is 4.64. The number of hydrogen-bond donors (Lipinski definition) is 1. The summed E-state index contributed by atoms with van der Waals surface area (Å²) in [7, 11) is 0. The van der Waals surface area contributed by atoms with Gasteiger partial charge in [0, 0.05) is 30.0 Å². The normalized spacial score (nSPS) is 22.1. The zero-order valence-electron chi connectivity index (χ0n) is 15.2. The third-order valence-electron chi connectivity index (χ3n) is 6.04. The minimum absolute atomic E-state index is 0.00496. The Bertz CT molecular complexity index is 905. The van der Waals surface area contributed by atoms with Gasteiger partial charge in [-0.25, -0.2) is 9.97 Å². The van der Waals surface area contributed by atoms with Crippen LogP contribution in [0.25, 0.3) is 0 Å². The zero-order chi connectivity index (χ0) is 18.6. The molecule has 6 nitrogen and oxygen atoms in total. The molecule has 3 aliphatic rings. The summed E-state index contributed by atoms with van der Waals surface area (Å²) < 4.78 is 5.29. The largest absolute Gasteiger partial charge is 0.376 e. The van der Waals surface area contributed by atoms with E-state index in [2.05, 4.69) is 22.2 Å². The highest BCUT2D eigenvalue weighted by Crippen LogP contribution is 2.38. The highest BCUT2D eigenvalue weighted by molar-refractivity contribution is 6.30. The van der Waals surface area contributed by atoms with E-state index in [4.69, 9.17) is 16.3 Å². The van der Waals surface area contributed by atoms with E-state index in [1.54, 1.807) is 12.4 Å². The number of nitrogens with one attached hydrogen (secondary N) is 1. The van der Waals surface area contributed by atoms with Crippen molar-refractivity contribution < 1.29 is 9.53 Å². The SMILES string of the molecule is Cc1cc(Cl)cc2c1CC(Nc1ncc(C(=O)N3CCC34COC4)cn1)C2. The number of carbonyl (C=O) groups excluding carboxylic acids is 1. The smallest absolute Gasteiger partial charge is 0.257 e. The van der Waals surface area contributed by atoms with Crippen molar-refractivity contribution in [3.8, 4) is 0 Å². The molecule has 0 bridgehead atoms. The third-order valence-corrected chi connectivity index (χ3v) is 6.26.